The zero-order valence-electron chi connectivity index (χ0n) is 11.0. The van der Waals surface area contributed by atoms with Gasteiger partial charge in [-0.2, -0.15) is 0 Å². The standard InChI is InChI=1S/C16H18BrNS/c1-11(12-5-7-13(17)8-6-12)18-15-3-2-4-16-14(15)9-10-19-16/h5-11,15,18H,2-4H2,1H3. The van der Waals surface area contributed by atoms with E-state index in [2.05, 4.69) is 63.9 Å². The van der Waals surface area contributed by atoms with Crippen LogP contribution in [0.5, 0.6) is 0 Å². The maximum atomic E-state index is 3.79. The molecule has 1 heterocycles. The topological polar surface area (TPSA) is 12.0 Å². The van der Waals surface area contributed by atoms with Crippen molar-refractivity contribution in [1.29, 1.82) is 0 Å². The van der Waals surface area contributed by atoms with Gasteiger partial charge in [0.15, 0.2) is 0 Å². The number of fused-ring (bicyclic) bond motifs is 1. The minimum absolute atomic E-state index is 0.393. The number of hydrogen-bond acceptors (Lipinski definition) is 2. The third kappa shape index (κ3) is 2.93. The average Bonchev–Trinajstić information content (AvgIpc) is 2.89. The molecule has 0 saturated carbocycles. The van der Waals surface area contributed by atoms with Crippen molar-refractivity contribution in [3.05, 3.63) is 56.2 Å². The summed E-state index contributed by atoms with van der Waals surface area (Å²) in [4.78, 5) is 1.58. The lowest BCUT2D eigenvalue weighted by atomic mass is 9.93. The highest BCUT2D eigenvalue weighted by atomic mass is 79.9. The van der Waals surface area contributed by atoms with Crippen LogP contribution in [0, 0.1) is 0 Å². The summed E-state index contributed by atoms with van der Waals surface area (Å²) in [7, 11) is 0. The predicted octanol–water partition coefficient (Wildman–Crippen LogP) is 5.24. The fourth-order valence-corrected chi connectivity index (χ4v) is 4.06. The summed E-state index contributed by atoms with van der Waals surface area (Å²) in [6, 6.07) is 11.8. The van der Waals surface area contributed by atoms with E-state index in [1.54, 1.807) is 4.88 Å². The van der Waals surface area contributed by atoms with E-state index >= 15 is 0 Å². The van der Waals surface area contributed by atoms with Gasteiger partial charge in [0.1, 0.15) is 0 Å². The summed E-state index contributed by atoms with van der Waals surface area (Å²) in [5.41, 5.74) is 2.88. The Morgan fingerprint density at radius 2 is 2.05 bits per heavy atom. The van der Waals surface area contributed by atoms with E-state index in [-0.39, 0.29) is 0 Å². The second-order valence-corrected chi connectivity index (χ2v) is 7.10. The van der Waals surface area contributed by atoms with Crippen molar-refractivity contribution in [2.45, 2.75) is 38.3 Å². The van der Waals surface area contributed by atoms with Crippen molar-refractivity contribution in [3.8, 4) is 0 Å². The Kier molecular flexibility index (Phi) is 4.06. The number of benzene rings is 1. The molecule has 19 heavy (non-hydrogen) atoms. The Labute approximate surface area is 127 Å². The number of nitrogens with one attached hydrogen (secondary N) is 1. The Morgan fingerprint density at radius 1 is 1.26 bits per heavy atom. The fourth-order valence-electron chi connectivity index (χ4n) is 2.81. The summed E-state index contributed by atoms with van der Waals surface area (Å²) >= 11 is 5.40. The number of hydrogen-bond donors (Lipinski definition) is 1. The van der Waals surface area contributed by atoms with Crippen molar-refractivity contribution in [1.82, 2.24) is 5.32 Å². The van der Waals surface area contributed by atoms with Crippen LogP contribution in [-0.4, -0.2) is 0 Å². The second kappa shape index (κ2) is 5.78. The predicted molar refractivity (Wildman–Crippen MR) is 85.7 cm³/mol. The van der Waals surface area contributed by atoms with Crippen molar-refractivity contribution < 1.29 is 0 Å². The van der Waals surface area contributed by atoms with Gasteiger partial charge in [0.05, 0.1) is 0 Å². The average molecular weight is 336 g/mol. The largest absolute Gasteiger partial charge is 0.303 e. The van der Waals surface area contributed by atoms with Gasteiger partial charge in [0, 0.05) is 21.4 Å². The molecule has 0 radical (unpaired) electrons. The highest BCUT2D eigenvalue weighted by molar-refractivity contribution is 9.10. The normalized spacial score (nSPS) is 20.0. The van der Waals surface area contributed by atoms with E-state index < -0.39 is 0 Å². The Balaban J connectivity index is 1.74. The van der Waals surface area contributed by atoms with Gasteiger partial charge in [-0.25, -0.2) is 0 Å². The van der Waals surface area contributed by atoms with Gasteiger partial charge in [-0.3, -0.25) is 0 Å². The van der Waals surface area contributed by atoms with Crippen molar-refractivity contribution >= 4 is 27.3 Å². The Bertz CT molecular complexity index is 546. The van der Waals surface area contributed by atoms with Gasteiger partial charge in [-0.15, -0.1) is 11.3 Å². The molecule has 0 amide bonds. The van der Waals surface area contributed by atoms with E-state index in [4.69, 9.17) is 0 Å². The van der Waals surface area contributed by atoms with Crippen molar-refractivity contribution in [2.24, 2.45) is 0 Å². The molecular formula is C16H18BrNS. The molecule has 3 heteroatoms. The van der Waals surface area contributed by atoms with E-state index in [0.717, 1.165) is 4.47 Å². The number of halogens is 1. The van der Waals surface area contributed by atoms with Crippen LogP contribution in [0.15, 0.2) is 40.2 Å². The van der Waals surface area contributed by atoms with Crippen LogP contribution < -0.4 is 5.32 Å². The molecule has 0 fully saturated rings. The summed E-state index contributed by atoms with van der Waals surface area (Å²) in [6.45, 7) is 2.25. The molecule has 3 rings (SSSR count). The lowest BCUT2D eigenvalue weighted by Crippen LogP contribution is -2.27. The Hall–Kier alpha value is -0.640. The fraction of sp³-hybridized carbons (Fsp3) is 0.375. The first-order valence-corrected chi connectivity index (χ1v) is 8.49. The molecule has 0 aliphatic heterocycles. The van der Waals surface area contributed by atoms with Crippen molar-refractivity contribution in [3.63, 3.8) is 0 Å². The quantitative estimate of drug-likeness (QED) is 0.808. The molecule has 1 aromatic heterocycles. The van der Waals surface area contributed by atoms with E-state index in [1.165, 1.54) is 30.4 Å². The molecule has 2 atom stereocenters. The summed E-state index contributed by atoms with van der Waals surface area (Å²) in [5, 5.41) is 6.02. The highest BCUT2D eigenvalue weighted by Gasteiger charge is 2.22. The zero-order chi connectivity index (χ0) is 13.2. The zero-order valence-corrected chi connectivity index (χ0v) is 13.4. The number of aryl methyl sites for hydroxylation is 1. The number of rotatable bonds is 3. The third-order valence-electron chi connectivity index (χ3n) is 3.87. The van der Waals surface area contributed by atoms with Gasteiger partial charge in [-0.1, -0.05) is 28.1 Å². The monoisotopic (exact) mass is 335 g/mol. The molecule has 0 bridgehead atoms. The van der Waals surface area contributed by atoms with Crippen LogP contribution >= 0.6 is 27.3 Å². The maximum absolute atomic E-state index is 3.79. The first-order valence-electron chi connectivity index (χ1n) is 6.82. The van der Waals surface area contributed by atoms with Gasteiger partial charge in [0.25, 0.3) is 0 Å². The second-order valence-electron chi connectivity index (χ2n) is 5.18. The third-order valence-corrected chi connectivity index (χ3v) is 5.40. The molecule has 1 aliphatic carbocycles. The molecule has 1 aromatic carbocycles. The van der Waals surface area contributed by atoms with Crippen LogP contribution in [0.2, 0.25) is 0 Å². The molecule has 1 aliphatic rings. The minimum Gasteiger partial charge on any atom is -0.303 e. The van der Waals surface area contributed by atoms with E-state index in [9.17, 15) is 0 Å². The van der Waals surface area contributed by atoms with Crippen LogP contribution in [0.4, 0.5) is 0 Å². The van der Waals surface area contributed by atoms with Gasteiger partial charge in [0.2, 0.25) is 0 Å². The summed E-state index contributed by atoms with van der Waals surface area (Å²) in [5.74, 6) is 0. The van der Waals surface area contributed by atoms with Crippen LogP contribution in [0.3, 0.4) is 0 Å². The molecule has 2 aromatic rings. The minimum atomic E-state index is 0.393. The molecule has 0 spiro atoms. The van der Waals surface area contributed by atoms with Gasteiger partial charge >= 0.3 is 0 Å². The maximum Gasteiger partial charge on any atom is 0.0336 e. The molecular weight excluding hydrogens is 318 g/mol. The Morgan fingerprint density at radius 3 is 2.84 bits per heavy atom. The van der Waals surface area contributed by atoms with Crippen LogP contribution in [0.1, 0.15) is 47.9 Å². The molecule has 0 saturated heterocycles. The van der Waals surface area contributed by atoms with E-state index in [0.29, 0.717) is 12.1 Å². The summed E-state index contributed by atoms with van der Waals surface area (Å²) in [6.07, 6.45) is 3.82. The molecule has 1 nitrogen and oxygen atoms in total. The first kappa shape index (κ1) is 13.3. The van der Waals surface area contributed by atoms with Gasteiger partial charge in [-0.05, 0) is 60.9 Å². The van der Waals surface area contributed by atoms with E-state index in [1.807, 2.05) is 11.3 Å². The molecule has 1 N–H and O–H groups in total. The molecule has 100 valence electrons. The highest BCUT2D eigenvalue weighted by Crippen LogP contribution is 2.34. The smallest absolute Gasteiger partial charge is 0.0336 e. The van der Waals surface area contributed by atoms with Gasteiger partial charge < -0.3 is 5.32 Å². The SMILES string of the molecule is CC(NC1CCCc2sccc21)c1ccc(Br)cc1. The van der Waals surface area contributed by atoms with Crippen LogP contribution in [0.25, 0.3) is 0 Å². The number of thiophene rings is 1. The lowest BCUT2D eigenvalue weighted by Gasteiger charge is -2.27. The lowest BCUT2D eigenvalue weighted by molar-refractivity contribution is 0.418. The summed E-state index contributed by atoms with van der Waals surface area (Å²) < 4.78 is 1.14. The van der Waals surface area contributed by atoms with Crippen molar-refractivity contribution in [2.75, 3.05) is 0 Å². The van der Waals surface area contributed by atoms with Crippen LogP contribution in [-0.2, 0) is 6.42 Å². The first-order chi connectivity index (χ1) is 9.24. The molecule has 2 unspecified atom stereocenters.